The van der Waals surface area contributed by atoms with Gasteiger partial charge in [-0.2, -0.15) is 5.10 Å². The molecule has 16 heavy (non-hydrogen) atoms. The summed E-state index contributed by atoms with van der Waals surface area (Å²) in [6.45, 7) is 2.72. The first-order chi connectivity index (χ1) is 7.72. The Labute approximate surface area is 104 Å². The Bertz CT molecular complexity index is 460. The zero-order valence-electron chi connectivity index (χ0n) is 9.43. The van der Waals surface area contributed by atoms with Gasteiger partial charge in [-0.3, -0.25) is 4.68 Å². The van der Waals surface area contributed by atoms with Crippen molar-refractivity contribution in [3.05, 3.63) is 28.8 Å². The van der Waals surface area contributed by atoms with E-state index < -0.39 is 0 Å². The minimum atomic E-state index is 0.671. The first-order valence-corrected chi connectivity index (χ1v) is 6.86. The van der Waals surface area contributed by atoms with Crippen molar-refractivity contribution in [1.82, 2.24) is 9.78 Å². The maximum Gasteiger partial charge on any atom is 0.103 e. The summed E-state index contributed by atoms with van der Waals surface area (Å²) in [4.78, 5) is 0. The molecule has 86 valence electrons. The number of nitrogens with two attached hydrogens (primary N) is 1. The third-order valence-corrected chi connectivity index (χ3v) is 4.62. The van der Waals surface area contributed by atoms with Gasteiger partial charge in [-0.05, 0) is 31.3 Å². The van der Waals surface area contributed by atoms with Gasteiger partial charge in [0.05, 0.1) is 9.90 Å². The molecule has 0 aromatic carbocycles. The molecule has 0 aliphatic heterocycles. The van der Waals surface area contributed by atoms with Crippen LogP contribution in [0.1, 0.15) is 11.3 Å². The molecular formula is C11H15N3S2. The highest BCUT2D eigenvalue weighted by atomic mass is 32.2. The van der Waals surface area contributed by atoms with E-state index in [9.17, 15) is 0 Å². The first-order valence-electron chi connectivity index (χ1n) is 5.16. The quantitative estimate of drug-likeness (QED) is 0.910. The summed E-state index contributed by atoms with van der Waals surface area (Å²) < 4.78 is 3.24. The zero-order chi connectivity index (χ0) is 11.5. The Balaban J connectivity index is 2.31. The van der Waals surface area contributed by atoms with Crippen LogP contribution < -0.4 is 5.73 Å². The average Bonchev–Trinajstić information content (AvgIpc) is 2.82. The molecule has 2 rings (SSSR count). The van der Waals surface area contributed by atoms with Crippen LogP contribution in [0.25, 0.3) is 0 Å². The summed E-state index contributed by atoms with van der Waals surface area (Å²) in [6, 6.07) is 4.20. The lowest BCUT2D eigenvalue weighted by molar-refractivity contribution is 0.688. The molecule has 0 radical (unpaired) electrons. The lowest BCUT2D eigenvalue weighted by atomic mass is 10.2. The third kappa shape index (κ3) is 2.31. The largest absolute Gasteiger partial charge is 0.330 e. The normalized spacial score (nSPS) is 10.9. The Morgan fingerprint density at radius 2 is 2.38 bits per heavy atom. The molecule has 0 atom stereocenters. The molecule has 0 spiro atoms. The number of hydrogen-bond acceptors (Lipinski definition) is 4. The lowest BCUT2D eigenvalue weighted by Crippen LogP contribution is -2.04. The Morgan fingerprint density at radius 1 is 1.56 bits per heavy atom. The molecule has 5 heteroatoms. The Morgan fingerprint density at radius 3 is 3.00 bits per heavy atom. The fourth-order valence-corrected chi connectivity index (χ4v) is 3.58. The smallest absolute Gasteiger partial charge is 0.103 e. The highest BCUT2D eigenvalue weighted by molar-refractivity contribution is 8.01. The van der Waals surface area contributed by atoms with Gasteiger partial charge < -0.3 is 5.73 Å². The van der Waals surface area contributed by atoms with Gasteiger partial charge in [-0.1, -0.05) is 17.8 Å². The van der Waals surface area contributed by atoms with E-state index in [4.69, 9.17) is 5.73 Å². The number of aromatic nitrogens is 2. The SMILES string of the molecule is Cc1nn(C)c(Sc2cccs2)c1CCN. The molecule has 0 fully saturated rings. The van der Waals surface area contributed by atoms with Crippen LogP contribution in [0.3, 0.4) is 0 Å². The molecule has 0 saturated carbocycles. The maximum atomic E-state index is 5.64. The van der Waals surface area contributed by atoms with Gasteiger partial charge in [0.25, 0.3) is 0 Å². The number of thiophene rings is 1. The van der Waals surface area contributed by atoms with Crippen LogP contribution in [0.5, 0.6) is 0 Å². The van der Waals surface area contributed by atoms with E-state index in [0.29, 0.717) is 6.54 Å². The summed E-state index contributed by atoms with van der Waals surface area (Å²) in [7, 11) is 1.99. The van der Waals surface area contributed by atoms with Crippen LogP contribution in [0.15, 0.2) is 26.7 Å². The average molecular weight is 253 g/mol. The van der Waals surface area contributed by atoms with Gasteiger partial charge in [-0.15, -0.1) is 11.3 Å². The van der Waals surface area contributed by atoms with Crippen molar-refractivity contribution < 1.29 is 0 Å². The van der Waals surface area contributed by atoms with Gasteiger partial charge in [0.15, 0.2) is 0 Å². The molecule has 0 unspecified atom stereocenters. The molecular weight excluding hydrogens is 238 g/mol. The van der Waals surface area contributed by atoms with Gasteiger partial charge in [-0.25, -0.2) is 0 Å². The molecule has 0 bridgehead atoms. The fraction of sp³-hybridized carbons (Fsp3) is 0.364. The van der Waals surface area contributed by atoms with Gasteiger partial charge >= 0.3 is 0 Å². The fourth-order valence-electron chi connectivity index (χ4n) is 1.66. The van der Waals surface area contributed by atoms with E-state index in [1.165, 1.54) is 14.8 Å². The predicted octanol–water partition coefficient (Wildman–Crippen LogP) is 2.44. The number of hydrogen-bond donors (Lipinski definition) is 1. The van der Waals surface area contributed by atoms with E-state index in [1.54, 1.807) is 23.1 Å². The van der Waals surface area contributed by atoms with Gasteiger partial charge in [0.1, 0.15) is 5.03 Å². The van der Waals surface area contributed by atoms with Crippen molar-refractivity contribution in [2.45, 2.75) is 22.6 Å². The van der Waals surface area contributed by atoms with E-state index in [2.05, 4.69) is 22.6 Å². The molecule has 2 aromatic rings. The molecule has 2 N–H and O–H groups in total. The van der Waals surface area contributed by atoms with Crippen LogP contribution in [-0.4, -0.2) is 16.3 Å². The molecule has 2 heterocycles. The monoisotopic (exact) mass is 253 g/mol. The van der Waals surface area contributed by atoms with E-state index in [1.807, 2.05) is 18.7 Å². The summed E-state index contributed by atoms with van der Waals surface area (Å²) in [6.07, 6.45) is 0.896. The summed E-state index contributed by atoms with van der Waals surface area (Å²) >= 11 is 3.52. The van der Waals surface area contributed by atoms with Crippen LogP contribution in [-0.2, 0) is 13.5 Å². The van der Waals surface area contributed by atoms with Crippen molar-refractivity contribution in [3.8, 4) is 0 Å². The number of aryl methyl sites for hydroxylation is 2. The third-order valence-electron chi connectivity index (χ3n) is 2.38. The summed E-state index contributed by atoms with van der Waals surface area (Å²) in [5, 5.41) is 7.76. The van der Waals surface area contributed by atoms with Crippen LogP contribution >= 0.6 is 23.1 Å². The van der Waals surface area contributed by atoms with Crippen molar-refractivity contribution in [2.24, 2.45) is 12.8 Å². The summed E-state index contributed by atoms with van der Waals surface area (Å²) in [5.74, 6) is 0. The van der Waals surface area contributed by atoms with Crippen LogP contribution in [0.4, 0.5) is 0 Å². The topological polar surface area (TPSA) is 43.8 Å². The second-order valence-electron chi connectivity index (χ2n) is 3.57. The lowest BCUT2D eigenvalue weighted by Gasteiger charge is -2.03. The van der Waals surface area contributed by atoms with Crippen LogP contribution in [0.2, 0.25) is 0 Å². The van der Waals surface area contributed by atoms with Crippen molar-refractivity contribution in [3.63, 3.8) is 0 Å². The molecule has 0 saturated heterocycles. The second-order valence-corrected chi connectivity index (χ2v) is 5.80. The zero-order valence-corrected chi connectivity index (χ0v) is 11.1. The van der Waals surface area contributed by atoms with Crippen LogP contribution in [0, 0.1) is 6.92 Å². The molecule has 3 nitrogen and oxygen atoms in total. The minimum absolute atomic E-state index is 0.671. The predicted molar refractivity (Wildman–Crippen MR) is 69.1 cm³/mol. The number of nitrogens with zero attached hydrogens (tertiary/aromatic N) is 2. The molecule has 0 aliphatic rings. The van der Waals surface area contributed by atoms with Crippen molar-refractivity contribution in [2.75, 3.05) is 6.54 Å². The first kappa shape index (κ1) is 11.7. The van der Waals surface area contributed by atoms with Crippen molar-refractivity contribution >= 4 is 23.1 Å². The number of rotatable bonds is 4. The Hall–Kier alpha value is -0.780. The molecule has 0 aliphatic carbocycles. The van der Waals surface area contributed by atoms with E-state index in [-0.39, 0.29) is 0 Å². The van der Waals surface area contributed by atoms with Crippen molar-refractivity contribution in [1.29, 1.82) is 0 Å². The highest BCUT2D eigenvalue weighted by Crippen LogP contribution is 2.34. The minimum Gasteiger partial charge on any atom is -0.330 e. The Kier molecular flexibility index (Phi) is 3.68. The maximum absolute atomic E-state index is 5.64. The van der Waals surface area contributed by atoms with Gasteiger partial charge in [0, 0.05) is 12.6 Å². The standard InChI is InChI=1S/C11H15N3S2/c1-8-9(5-6-12)11(14(2)13-8)16-10-4-3-7-15-10/h3-4,7H,5-6,12H2,1-2H3. The molecule has 0 amide bonds. The van der Waals surface area contributed by atoms with Gasteiger partial charge in [0.2, 0.25) is 0 Å². The second kappa shape index (κ2) is 5.03. The van der Waals surface area contributed by atoms with E-state index in [0.717, 1.165) is 12.1 Å². The molecule has 2 aromatic heterocycles. The van der Waals surface area contributed by atoms with E-state index >= 15 is 0 Å². The summed E-state index contributed by atoms with van der Waals surface area (Å²) in [5.41, 5.74) is 8.01. The highest BCUT2D eigenvalue weighted by Gasteiger charge is 2.13.